The van der Waals surface area contributed by atoms with Crippen LogP contribution in [-0.2, 0) is 6.42 Å². The highest BCUT2D eigenvalue weighted by atomic mass is 16.7. The third-order valence-corrected chi connectivity index (χ3v) is 4.61. The second-order valence-corrected chi connectivity index (χ2v) is 6.54. The zero-order valence-electron chi connectivity index (χ0n) is 15.1. The second kappa shape index (κ2) is 7.53. The first kappa shape index (κ1) is 17.1. The topological polar surface area (TPSA) is 67.5 Å². The molecule has 4 rings (SSSR count). The number of fused-ring (bicyclic) bond motifs is 1. The van der Waals surface area contributed by atoms with E-state index in [1.165, 1.54) is 0 Å². The molecule has 6 nitrogen and oxygen atoms in total. The number of rotatable bonds is 6. The standard InChI is InChI=1S/C21H21N3O3/c1-24(21(25)16-9-10-19-20(12-16)27-14-26-19)11-5-8-17-13-18(23-22-17)15-6-3-2-4-7-15/h2-4,6-7,9-10,12-13H,5,8,11,14H2,1H3,(H,22,23). The molecule has 1 aliphatic heterocycles. The molecule has 0 saturated heterocycles. The minimum absolute atomic E-state index is 0.0251. The van der Waals surface area contributed by atoms with E-state index >= 15 is 0 Å². The average Bonchev–Trinajstić information content (AvgIpc) is 3.37. The normalized spacial score (nSPS) is 12.2. The zero-order valence-corrected chi connectivity index (χ0v) is 15.1. The Labute approximate surface area is 157 Å². The lowest BCUT2D eigenvalue weighted by molar-refractivity contribution is 0.0793. The van der Waals surface area contributed by atoms with E-state index < -0.39 is 0 Å². The zero-order chi connectivity index (χ0) is 18.6. The smallest absolute Gasteiger partial charge is 0.253 e. The fourth-order valence-electron chi connectivity index (χ4n) is 3.10. The van der Waals surface area contributed by atoms with Crippen molar-refractivity contribution in [3.63, 3.8) is 0 Å². The molecular formula is C21H21N3O3. The van der Waals surface area contributed by atoms with E-state index in [0.29, 0.717) is 23.6 Å². The molecule has 0 radical (unpaired) electrons. The van der Waals surface area contributed by atoms with Crippen molar-refractivity contribution in [2.24, 2.45) is 0 Å². The number of H-pyrrole nitrogens is 1. The van der Waals surface area contributed by atoms with Crippen molar-refractivity contribution in [1.82, 2.24) is 15.1 Å². The van der Waals surface area contributed by atoms with Crippen LogP contribution in [0.25, 0.3) is 11.3 Å². The van der Waals surface area contributed by atoms with E-state index in [2.05, 4.69) is 16.3 Å². The summed E-state index contributed by atoms with van der Waals surface area (Å²) in [5.41, 5.74) is 3.71. The molecule has 0 atom stereocenters. The fourth-order valence-corrected chi connectivity index (χ4v) is 3.10. The van der Waals surface area contributed by atoms with Crippen LogP contribution in [0.3, 0.4) is 0 Å². The van der Waals surface area contributed by atoms with Crippen molar-refractivity contribution in [1.29, 1.82) is 0 Å². The Kier molecular flexibility index (Phi) is 4.78. The van der Waals surface area contributed by atoms with Gasteiger partial charge in [0.1, 0.15) is 0 Å². The number of aromatic amines is 1. The highest BCUT2D eigenvalue weighted by Crippen LogP contribution is 2.32. The molecule has 6 heteroatoms. The number of hydrogen-bond donors (Lipinski definition) is 1. The lowest BCUT2D eigenvalue weighted by Gasteiger charge is -2.17. The lowest BCUT2D eigenvalue weighted by atomic mass is 10.1. The Morgan fingerprint density at radius 3 is 2.78 bits per heavy atom. The van der Waals surface area contributed by atoms with Gasteiger partial charge in [0.2, 0.25) is 6.79 Å². The van der Waals surface area contributed by atoms with Gasteiger partial charge in [0, 0.05) is 30.4 Å². The molecule has 0 aliphatic carbocycles. The fraction of sp³-hybridized carbons (Fsp3) is 0.238. The molecule has 0 saturated carbocycles. The van der Waals surface area contributed by atoms with Crippen LogP contribution in [0.1, 0.15) is 22.5 Å². The first-order valence-corrected chi connectivity index (χ1v) is 8.95. The van der Waals surface area contributed by atoms with Crippen LogP contribution >= 0.6 is 0 Å². The Morgan fingerprint density at radius 2 is 1.93 bits per heavy atom. The summed E-state index contributed by atoms with van der Waals surface area (Å²) in [6.07, 6.45) is 1.68. The van der Waals surface area contributed by atoms with Crippen LogP contribution < -0.4 is 9.47 Å². The molecule has 0 bridgehead atoms. The average molecular weight is 363 g/mol. The Hall–Kier alpha value is -3.28. The van der Waals surface area contributed by atoms with E-state index in [1.807, 2.05) is 37.4 Å². The van der Waals surface area contributed by atoms with Crippen molar-refractivity contribution in [3.05, 3.63) is 65.9 Å². The maximum Gasteiger partial charge on any atom is 0.253 e. The van der Waals surface area contributed by atoms with Crippen molar-refractivity contribution in [2.75, 3.05) is 20.4 Å². The molecule has 138 valence electrons. The summed E-state index contributed by atoms with van der Waals surface area (Å²) >= 11 is 0. The van der Waals surface area contributed by atoms with Crippen molar-refractivity contribution in [2.45, 2.75) is 12.8 Å². The van der Waals surface area contributed by atoms with Gasteiger partial charge in [0.25, 0.3) is 5.91 Å². The highest BCUT2D eigenvalue weighted by molar-refractivity contribution is 5.94. The van der Waals surface area contributed by atoms with Crippen LogP contribution in [0, 0.1) is 0 Å². The summed E-state index contributed by atoms with van der Waals surface area (Å²) in [5.74, 6) is 1.28. The van der Waals surface area contributed by atoms with Gasteiger partial charge in [-0.15, -0.1) is 0 Å². The van der Waals surface area contributed by atoms with Gasteiger partial charge in [-0.05, 0) is 37.1 Å². The SMILES string of the molecule is CN(CCCc1cc(-c2ccccc2)n[nH]1)C(=O)c1ccc2c(c1)OCO2. The van der Waals surface area contributed by atoms with Gasteiger partial charge in [-0.1, -0.05) is 30.3 Å². The molecule has 1 N–H and O–H groups in total. The van der Waals surface area contributed by atoms with Crippen LogP contribution in [0.2, 0.25) is 0 Å². The maximum absolute atomic E-state index is 12.6. The minimum Gasteiger partial charge on any atom is -0.454 e. The molecule has 0 fully saturated rings. The molecule has 0 unspecified atom stereocenters. The van der Waals surface area contributed by atoms with Crippen LogP contribution in [0.4, 0.5) is 0 Å². The van der Waals surface area contributed by atoms with Crippen LogP contribution in [-0.4, -0.2) is 41.4 Å². The molecule has 2 heterocycles. The summed E-state index contributed by atoms with van der Waals surface area (Å²) < 4.78 is 10.6. The summed E-state index contributed by atoms with van der Waals surface area (Å²) in [5, 5.41) is 7.45. The van der Waals surface area contributed by atoms with E-state index in [-0.39, 0.29) is 12.7 Å². The van der Waals surface area contributed by atoms with Crippen molar-refractivity contribution < 1.29 is 14.3 Å². The summed E-state index contributed by atoms with van der Waals surface area (Å²) in [6.45, 7) is 0.866. The van der Waals surface area contributed by atoms with E-state index in [4.69, 9.17) is 9.47 Å². The van der Waals surface area contributed by atoms with Crippen molar-refractivity contribution in [3.8, 4) is 22.8 Å². The molecule has 1 aromatic heterocycles. The summed E-state index contributed by atoms with van der Waals surface area (Å²) in [4.78, 5) is 14.3. The Bertz CT molecular complexity index is 937. The maximum atomic E-state index is 12.6. The third kappa shape index (κ3) is 3.79. The molecule has 1 aliphatic rings. The quantitative estimate of drug-likeness (QED) is 0.728. The first-order chi connectivity index (χ1) is 13.2. The number of hydrogen-bond acceptors (Lipinski definition) is 4. The van der Waals surface area contributed by atoms with Gasteiger partial charge >= 0.3 is 0 Å². The number of ether oxygens (including phenoxy) is 2. The Balaban J connectivity index is 1.31. The number of aromatic nitrogens is 2. The monoisotopic (exact) mass is 363 g/mol. The number of amides is 1. The number of aryl methyl sites for hydroxylation is 1. The molecular weight excluding hydrogens is 342 g/mol. The molecule has 3 aromatic rings. The Morgan fingerprint density at radius 1 is 1.11 bits per heavy atom. The van der Waals surface area contributed by atoms with Gasteiger partial charge in [0.15, 0.2) is 11.5 Å². The highest BCUT2D eigenvalue weighted by Gasteiger charge is 2.18. The van der Waals surface area contributed by atoms with Gasteiger partial charge < -0.3 is 14.4 Å². The molecule has 27 heavy (non-hydrogen) atoms. The summed E-state index contributed by atoms with van der Waals surface area (Å²) in [6, 6.07) is 17.4. The van der Waals surface area contributed by atoms with Crippen LogP contribution in [0.15, 0.2) is 54.6 Å². The van der Waals surface area contributed by atoms with Gasteiger partial charge in [-0.3, -0.25) is 9.89 Å². The van der Waals surface area contributed by atoms with E-state index in [1.54, 1.807) is 23.1 Å². The van der Waals surface area contributed by atoms with Gasteiger partial charge in [0.05, 0.1) is 5.69 Å². The number of carbonyl (C=O) groups is 1. The van der Waals surface area contributed by atoms with Crippen LogP contribution in [0.5, 0.6) is 11.5 Å². The second-order valence-electron chi connectivity index (χ2n) is 6.54. The number of nitrogens with zero attached hydrogens (tertiary/aromatic N) is 2. The van der Waals surface area contributed by atoms with E-state index in [0.717, 1.165) is 29.8 Å². The predicted octanol–water partition coefficient (Wildman–Crippen LogP) is 3.51. The first-order valence-electron chi connectivity index (χ1n) is 8.95. The number of benzene rings is 2. The summed E-state index contributed by atoms with van der Waals surface area (Å²) in [7, 11) is 1.81. The van der Waals surface area contributed by atoms with Crippen molar-refractivity contribution >= 4 is 5.91 Å². The molecule has 0 spiro atoms. The molecule has 2 aromatic carbocycles. The minimum atomic E-state index is -0.0251. The van der Waals surface area contributed by atoms with E-state index in [9.17, 15) is 4.79 Å². The lowest BCUT2D eigenvalue weighted by Crippen LogP contribution is -2.28. The van der Waals surface area contributed by atoms with Gasteiger partial charge in [-0.2, -0.15) is 5.10 Å². The predicted molar refractivity (Wildman–Crippen MR) is 102 cm³/mol. The molecule has 1 amide bonds. The van der Waals surface area contributed by atoms with Gasteiger partial charge in [-0.25, -0.2) is 0 Å². The third-order valence-electron chi connectivity index (χ3n) is 4.61. The largest absolute Gasteiger partial charge is 0.454 e. The number of carbonyl (C=O) groups excluding carboxylic acids is 1. The number of nitrogens with one attached hydrogen (secondary N) is 1.